The molecule has 1 fully saturated rings. The predicted octanol–water partition coefficient (Wildman–Crippen LogP) is 0.00380. The number of quaternary nitrogens is 2. The lowest BCUT2D eigenvalue weighted by atomic mass is 10.1. The van der Waals surface area contributed by atoms with Crippen molar-refractivity contribution in [2.24, 2.45) is 0 Å². The largest absolute Gasteiger partial charge is 0.493 e. The highest BCUT2D eigenvalue weighted by Gasteiger charge is 2.27. The van der Waals surface area contributed by atoms with Gasteiger partial charge in [-0.15, -0.1) is 0 Å². The lowest BCUT2D eigenvalue weighted by Gasteiger charge is -2.29. The van der Waals surface area contributed by atoms with Crippen molar-refractivity contribution in [3.8, 4) is 11.5 Å². The number of hydrogen-bond acceptors (Lipinski definition) is 6. The minimum absolute atomic E-state index is 0.0338. The summed E-state index contributed by atoms with van der Waals surface area (Å²) >= 11 is 0. The molecule has 0 aliphatic carbocycles. The van der Waals surface area contributed by atoms with Crippen molar-refractivity contribution in [1.82, 2.24) is 0 Å². The van der Waals surface area contributed by atoms with E-state index in [0.29, 0.717) is 23.6 Å². The van der Waals surface area contributed by atoms with Crippen LogP contribution in [-0.4, -0.2) is 50.2 Å². The van der Waals surface area contributed by atoms with E-state index in [9.17, 15) is 20.2 Å². The maximum Gasteiger partial charge on any atom is 0.282 e. The van der Waals surface area contributed by atoms with E-state index in [2.05, 4.69) is 0 Å². The number of ether oxygens (including phenoxy) is 2. The molecule has 3 rings (SSSR count). The third-order valence-corrected chi connectivity index (χ3v) is 5.46. The Morgan fingerprint density at radius 3 is 2.03 bits per heavy atom. The highest BCUT2D eigenvalue weighted by atomic mass is 16.6. The summed E-state index contributed by atoms with van der Waals surface area (Å²) in [5, 5.41) is 22.5. The minimum atomic E-state index is -0.388. The smallest absolute Gasteiger partial charge is 0.282 e. The maximum absolute atomic E-state index is 11.5. The van der Waals surface area contributed by atoms with E-state index in [1.807, 2.05) is 6.07 Å². The van der Waals surface area contributed by atoms with Crippen LogP contribution in [-0.2, 0) is 13.1 Å². The van der Waals surface area contributed by atoms with Crippen LogP contribution in [0.5, 0.6) is 11.5 Å². The highest BCUT2D eigenvalue weighted by molar-refractivity contribution is 5.54. The Morgan fingerprint density at radius 2 is 1.47 bits per heavy atom. The molecular weight excluding hydrogens is 392 g/mol. The molecule has 0 atom stereocenters. The molecule has 0 unspecified atom stereocenters. The summed E-state index contributed by atoms with van der Waals surface area (Å²) in [6, 6.07) is 9.84. The van der Waals surface area contributed by atoms with Crippen molar-refractivity contribution >= 4 is 11.4 Å². The molecule has 160 valence electrons. The number of nitro groups is 2. The first kappa shape index (κ1) is 21.5. The first-order valence-electron chi connectivity index (χ1n) is 9.71. The van der Waals surface area contributed by atoms with Crippen LogP contribution in [0, 0.1) is 20.2 Å². The summed E-state index contributed by atoms with van der Waals surface area (Å²) in [6.45, 7) is 4.75. The van der Waals surface area contributed by atoms with E-state index < -0.39 is 0 Å². The van der Waals surface area contributed by atoms with Crippen LogP contribution in [0.25, 0.3) is 0 Å². The molecule has 1 saturated heterocycles. The lowest BCUT2D eigenvalue weighted by molar-refractivity contribution is -1.02. The highest BCUT2D eigenvalue weighted by Crippen LogP contribution is 2.34. The van der Waals surface area contributed by atoms with Gasteiger partial charge in [-0.05, 0) is 6.07 Å². The van der Waals surface area contributed by atoms with Gasteiger partial charge in [0.15, 0.2) is 11.5 Å². The summed E-state index contributed by atoms with van der Waals surface area (Å²) in [6.07, 6.45) is 0. The fourth-order valence-corrected chi connectivity index (χ4v) is 3.87. The summed E-state index contributed by atoms with van der Waals surface area (Å²) < 4.78 is 10.5. The summed E-state index contributed by atoms with van der Waals surface area (Å²) in [5.74, 6) is 0.821. The molecule has 0 radical (unpaired) electrons. The molecule has 10 nitrogen and oxygen atoms in total. The molecule has 2 N–H and O–H groups in total. The first-order valence-corrected chi connectivity index (χ1v) is 9.71. The van der Waals surface area contributed by atoms with Gasteiger partial charge in [-0.2, -0.15) is 0 Å². The second-order valence-corrected chi connectivity index (χ2v) is 7.37. The van der Waals surface area contributed by atoms with Gasteiger partial charge in [-0.1, -0.05) is 12.1 Å². The lowest BCUT2D eigenvalue weighted by Crippen LogP contribution is -3.27. The Morgan fingerprint density at radius 1 is 0.867 bits per heavy atom. The molecule has 0 amide bonds. The second kappa shape index (κ2) is 9.51. The van der Waals surface area contributed by atoms with E-state index in [0.717, 1.165) is 38.3 Å². The number of hydrogen-bond donors (Lipinski definition) is 2. The Balaban J connectivity index is 1.64. The quantitative estimate of drug-likeness (QED) is 0.461. The fraction of sp³-hybridized carbons (Fsp3) is 0.400. The second-order valence-electron chi connectivity index (χ2n) is 7.37. The van der Waals surface area contributed by atoms with E-state index in [-0.39, 0.29) is 21.2 Å². The van der Waals surface area contributed by atoms with Crippen LogP contribution >= 0.6 is 0 Å². The molecule has 1 aliphatic heterocycles. The maximum atomic E-state index is 11.5. The Bertz CT molecular complexity index is 928. The Hall–Kier alpha value is -3.24. The predicted molar refractivity (Wildman–Crippen MR) is 108 cm³/mol. The van der Waals surface area contributed by atoms with Crippen molar-refractivity contribution in [1.29, 1.82) is 0 Å². The normalized spacial score (nSPS) is 18.6. The average Bonchev–Trinajstić information content (AvgIpc) is 2.74. The van der Waals surface area contributed by atoms with Crippen molar-refractivity contribution < 1.29 is 29.1 Å². The number of methoxy groups -OCH3 is 2. The van der Waals surface area contributed by atoms with E-state index >= 15 is 0 Å². The van der Waals surface area contributed by atoms with Crippen molar-refractivity contribution in [2.75, 3.05) is 40.4 Å². The van der Waals surface area contributed by atoms with Gasteiger partial charge < -0.3 is 19.3 Å². The Labute approximate surface area is 173 Å². The molecule has 30 heavy (non-hydrogen) atoms. The van der Waals surface area contributed by atoms with E-state index in [1.165, 1.54) is 36.2 Å². The number of non-ortho nitro benzene ring substituents is 1. The summed E-state index contributed by atoms with van der Waals surface area (Å²) in [7, 11) is 2.96. The van der Waals surface area contributed by atoms with Crippen LogP contribution in [0.2, 0.25) is 0 Å². The molecule has 10 heteroatoms. The van der Waals surface area contributed by atoms with Crippen LogP contribution < -0.4 is 19.3 Å². The molecule has 0 aromatic heterocycles. The zero-order valence-electron chi connectivity index (χ0n) is 17.1. The zero-order chi connectivity index (χ0) is 21.7. The molecule has 2 aromatic rings. The van der Waals surface area contributed by atoms with Crippen LogP contribution in [0.3, 0.4) is 0 Å². The van der Waals surface area contributed by atoms with Gasteiger partial charge in [-0.25, -0.2) is 0 Å². The van der Waals surface area contributed by atoms with Gasteiger partial charge in [0.2, 0.25) is 0 Å². The number of nitrogens with zero attached hydrogens (tertiary/aromatic N) is 2. The standard InChI is InChI=1S/C20H24N4O6/c1-29-19-11-16(18(24(27)28)12-20(19)30-2)14-22-8-6-21(7-9-22)13-15-4-3-5-17(10-15)23(25)26/h3-5,10-12H,6-9,13-14H2,1-2H3/p+2. The molecule has 1 heterocycles. The number of nitrogens with one attached hydrogen (secondary N) is 2. The minimum Gasteiger partial charge on any atom is -0.493 e. The molecule has 0 bridgehead atoms. The molecule has 2 aromatic carbocycles. The van der Waals surface area contributed by atoms with Crippen LogP contribution in [0.15, 0.2) is 36.4 Å². The summed E-state index contributed by atoms with van der Waals surface area (Å²) in [4.78, 5) is 24.3. The molecular formula is C20H26N4O6+2. The fourth-order valence-electron chi connectivity index (χ4n) is 3.87. The van der Waals surface area contributed by atoms with Crippen molar-refractivity contribution in [3.05, 3.63) is 67.8 Å². The number of nitro benzene ring substituents is 2. The molecule has 0 saturated carbocycles. The molecule has 1 aliphatic rings. The first-order chi connectivity index (χ1) is 14.4. The van der Waals surface area contributed by atoms with Gasteiger partial charge in [0.05, 0.1) is 35.7 Å². The van der Waals surface area contributed by atoms with Crippen LogP contribution in [0.1, 0.15) is 11.1 Å². The van der Waals surface area contributed by atoms with Gasteiger partial charge in [-0.3, -0.25) is 20.2 Å². The van der Waals surface area contributed by atoms with Crippen molar-refractivity contribution in [3.63, 3.8) is 0 Å². The average molecular weight is 418 g/mol. The molecule has 0 spiro atoms. The Kier molecular flexibility index (Phi) is 6.80. The number of piperazine rings is 1. The van der Waals surface area contributed by atoms with Gasteiger partial charge in [0.1, 0.15) is 39.3 Å². The van der Waals surface area contributed by atoms with E-state index in [1.54, 1.807) is 18.2 Å². The van der Waals surface area contributed by atoms with Crippen molar-refractivity contribution in [2.45, 2.75) is 13.1 Å². The number of rotatable bonds is 8. The summed E-state index contributed by atoms with van der Waals surface area (Å²) in [5.41, 5.74) is 1.71. The van der Waals surface area contributed by atoms with Gasteiger partial charge in [0, 0.05) is 17.7 Å². The number of benzene rings is 2. The monoisotopic (exact) mass is 418 g/mol. The third-order valence-electron chi connectivity index (χ3n) is 5.46. The topological polar surface area (TPSA) is 114 Å². The SMILES string of the molecule is COc1cc(C[NH+]2CC[NH+](Cc3cccc([N+](=O)[O-])c3)CC2)c([N+](=O)[O-])cc1OC. The zero-order valence-corrected chi connectivity index (χ0v) is 17.1. The van der Waals surface area contributed by atoms with Gasteiger partial charge in [0.25, 0.3) is 11.4 Å². The third kappa shape index (κ3) is 5.02. The van der Waals surface area contributed by atoms with Crippen LogP contribution in [0.4, 0.5) is 11.4 Å². The van der Waals surface area contributed by atoms with Gasteiger partial charge >= 0.3 is 0 Å². The van der Waals surface area contributed by atoms with E-state index in [4.69, 9.17) is 9.47 Å².